The highest BCUT2D eigenvalue weighted by molar-refractivity contribution is 5.92. The number of ketones is 1. The molecule has 2 heteroatoms. The Morgan fingerprint density at radius 3 is 2.67 bits per heavy atom. The molecule has 3 atom stereocenters. The van der Waals surface area contributed by atoms with Crippen molar-refractivity contribution in [2.75, 3.05) is 0 Å². The Labute approximate surface area is 111 Å². The van der Waals surface area contributed by atoms with E-state index in [1.165, 1.54) is 6.42 Å². The lowest BCUT2D eigenvalue weighted by Crippen LogP contribution is -2.22. The first-order valence-corrected chi connectivity index (χ1v) is 7.34. The molecule has 0 spiro atoms. The summed E-state index contributed by atoms with van der Waals surface area (Å²) in [5.74, 6) is 1.06. The Balaban J connectivity index is 2.65. The largest absolute Gasteiger partial charge is 0.303 e. The van der Waals surface area contributed by atoms with Crippen molar-refractivity contribution in [1.82, 2.24) is 0 Å². The molecule has 0 aromatic heterocycles. The van der Waals surface area contributed by atoms with Crippen LogP contribution in [0.25, 0.3) is 0 Å². The molecule has 2 nitrogen and oxygen atoms in total. The first kappa shape index (κ1) is 15.1. The van der Waals surface area contributed by atoms with Crippen LogP contribution in [0.2, 0.25) is 0 Å². The molecule has 1 aliphatic rings. The fourth-order valence-electron chi connectivity index (χ4n) is 2.68. The van der Waals surface area contributed by atoms with Crippen molar-refractivity contribution in [3.05, 3.63) is 12.2 Å². The molecule has 1 aliphatic carbocycles. The standard InChI is InChI=1S/C16H26O2/c1-3-13(2)9-10-16(18)15-8-6-4-5-7-14(15)11-12-17/h9-10,12-15H,3-8,11H2,1-2H3/b10-9-. The van der Waals surface area contributed by atoms with Crippen molar-refractivity contribution in [3.63, 3.8) is 0 Å². The molecule has 1 rings (SSSR count). The Hall–Kier alpha value is -0.920. The van der Waals surface area contributed by atoms with Gasteiger partial charge in [-0.15, -0.1) is 0 Å². The Morgan fingerprint density at radius 2 is 2.00 bits per heavy atom. The van der Waals surface area contributed by atoms with Gasteiger partial charge in [0.2, 0.25) is 0 Å². The second-order valence-electron chi connectivity index (χ2n) is 5.55. The number of hydrogen-bond acceptors (Lipinski definition) is 2. The molecule has 0 saturated heterocycles. The van der Waals surface area contributed by atoms with E-state index >= 15 is 0 Å². The van der Waals surface area contributed by atoms with E-state index in [-0.39, 0.29) is 17.6 Å². The van der Waals surface area contributed by atoms with Crippen LogP contribution in [0.15, 0.2) is 12.2 Å². The van der Waals surface area contributed by atoms with Crippen LogP contribution in [0, 0.1) is 17.8 Å². The van der Waals surface area contributed by atoms with E-state index in [0.29, 0.717) is 12.3 Å². The highest BCUT2D eigenvalue weighted by Crippen LogP contribution is 2.31. The van der Waals surface area contributed by atoms with Gasteiger partial charge in [0.05, 0.1) is 0 Å². The van der Waals surface area contributed by atoms with E-state index in [2.05, 4.69) is 13.8 Å². The summed E-state index contributed by atoms with van der Waals surface area (Å²) in [7, 11) is 0. The molecule has 1 saturated carbocycles. The highest BCUT2D eigenvalue weighted by Gasteiger charge is 2.27. The summed E-state index contributed by atoms with van der Waals surface area (Å²) in [6, 6.07) is 0. The third-order valence-electron chi connectivity index (χ3n) is 4.16. The van der Waals surface area contributed by atoms with Crippen LogP contribution >= 0.6 is 0 Å². The molecule has 18 heavy (non-hydrogen) atoms. The summed E-state index contributed by atoms with van der Waals surface area (Å²) >= 11 is 0. The predicted molar refractivity (Wildman–Crippen MR) is 74.3 cm³/mol. The summed E-state index contributed by atoms with van der Waals surface area (Å²) in [5, 5.41) is 0. The van der Waals surface area contributed by atoms with Gasteiger partial charge in [-0.1, -0.05) is 45.6 Å². The van der Waals surface area contributed by atoms with Gasteiger partial charge < -0.3 is 4.79 Å². The molecular formula is C16H26O2. The summed E-state index contributed by atoms with van der Waals surface area (Å²) < 4.78 is 0. The number of rotatable bonds is 6. The van der Waals surface area contributed by atoms with E-state index < -0.39 is 0 Å². The molecule has 0 bridgehead atoms. The molecular weight excluding hydrogens is 224 g/mol. The van der Waals surface area contributed by atoms with Gasteiger partial charge in [-0.05, 0) is 30.8 Å². The SMILES string of the molecule is CCC(C)/C=C\C(=O)C1CCCCCC1CC=O. The van der Waals surface area contributed by atoms with Crippen LogP contribution in [-0.2, 0) is 9.59 Å². The minimum absolute atomic E-state index is 0.0815. The number of aldehydes is 1. The lowest BCUT2D eigenvalue weighted by Gasteiger charge is -2.20. The van der Waals surface area contributed by atoms with Crippen molar-refractivity contribution in [1.29, 1.82) is 0 Å². The second-order valence-corrected chi connectivity index (χ2v) is 5.55. The van der Waals surface area contributed by atoms with Crippen LogP contribution in [0.4, 0.5) is 0 Å². The van der Waals surface area contributed by atoms with Crippen LogP contribution in [-0.4, -0.2) is 12.1 Å². The Morgan fingerprint density at radius 1 is 1.28 bits per heavy atom. The quantitative estimate of drug-likeness (QED) is 0.406. The molecule has 0 aliphatic heterocycles. The van der Waals surface area contributed by atoms with Gasteiger partial charge >= 0.3 is 0 Å². The van der Waals surface area contributed by atoms with E-state index in [0.717, 1.165) is 38.4 Å². The van der Waals surface area contributed by atoms with E-state index in [4.69, 9.17) is 0 Å². The van der Waals surface area contributed by atoms with Gasteiger partial charge in [0.1, 0.15) is 6.29 Å². The normalized spacial score (nSPS) is 26.8. The average Bonchev–Trinajstić information content (AvgIpc) is 2.61. The minimum atomic E-state index is 0.0815. The van der Waals surface area contributed by atoms with Crippen LogP contribution < -0.4 is 0 Å². The van der Waals surface area contributed by atoms with Gasteiger partial charge in [-0.3, -0.25) is 4.79 Å². The Bertz CT molecular complexity index is 293. The van der Waals surface area contributed by atoms with E-state index in [1.807, 2.05) is 6.08 Å². The van der Waals surface area contributed by atoms with Crippen molar-refractivity contribution in [2.24, 2.45) is 17.8 Å². The number of allylic oxidation sites excluding steroid dienone is 2. The number of carbonyl (C=O) groups is 2. The summed E-state index contributed by atoms with van der Waals surface area (Å²) in [5.41, 5.74) is 0. The van der Waals surface area contributed by atoms with Crippen LogP contribution in [0.1, 0.15) is 58.8 Å². The zero-order chi connectivity index (χ0) is 13.4. The molecule has 0 amide bonds. The first-order chi connectivity index (χ1) is 8.69. The molecule has 102 valence electrons. The molecule has 1 fully saturated rings. The van der Waals surface area contributed by atoms with Crippen molar-refractivity contribution < 1.29 is 9.59 Å². The van der Waals surface area contributed by atoms with Gasteiger partial charge in [0.25, 0.3) is 0 Å². The first-order valence-electron chi connectivity index (χ1n) is 7.34. The van der Waals surface area contributed by atoms with E-state index in [9.17, 15) is 9.59 Å². The van der Waals surface area contributed by atoms with E-state index in [1.54, 1.807) is 6.08 Å². The lowest BCUT2D eigenvalue weighted by atomic mass is 9.82. The van der Waals surface area contributed by atoms with Crippen molar-refractivity contribution >= 4 is 12.1 Å². The highest BCUT2D eigenvalue weighted by atomic mass is 16.1. The zero-order valence-corrected chi connectivity index (χ0v) is 11.7. The van der Waals surface area contributed by atoms with Gasteiger partial charge in [-0.25, -0.2) is 0 Å². The molecule has 3 unspecified atom stereocenters. The lowest BCUT2D eigenvalue weighted by molar-refractivity contribution is -0.120. The maximum absolute atomic E-state index is 12.3. The molecule has 0 aromatic carbocycles. The summed E-state index contributed by atoms with van der Waals surface area (Å²) in [6.45, 7) is 4.25. The molecule has 0 radical (unpaired) electrons. The maximum atomic E-state index is 12.3. The topological polar surface area (TPSA) is 34.1 Å². The monoisotopic (exact) mass is 250 g/mol. The average molecular weight is 250 g/mol. The van der Waals surface area contributed by atoms with Crippen LogP contribution in [0.5, 0.6) is 0 Å². The third-order valence-corrected chi connectivity index (χ3v) is 4.16. The zero-order valence-electron chi connectivity index (χ0n) is 11.7. The van der Waals surface area contributed by atoms with Crippen molar-refractivity contribution in [2.45, 2.75) is 58.8 Å². The Kier molecular flexibility index (Phi) is 6.92. The van der Waals surface area contributed by atoms with Gasteiger partial charge in [-0.2, -0.15) is 0 Å². The molecule has 0 heterocycles. The van der Waals surface area contributed by atoms with Crippen LogP contribution in [0.3, 0.4) is 0 Å². The predicted octanol–water partition coefficient (Wildman–Crippen LogP) is 3.94. The third kappa shape index (κ3) is 4.75. The summed E-state index contributed by atoms with van der Waals surface area (Å²) in [6.07, 6.45) is 11.9. The minimum Gasteiger partial charge on any atom is -0.303 e. The molecule has 0 aromatic rings. The van der Waals surface area contributed by atoms with Gasteiger partial charge in [0.15, 0.2) is 5.78 Å². The molecule has 0 N–H and O–H groups in total. The fraction of sp³-hybridized carbons (Fsp3) is 0.750. The fourth-order valence-corrected chi connectivity index (χ4v) is 2.68. The maximum Gasteiger partial charge on any atom is 0.158 e. The smallest absolute Gasteiger partial charge is 0.158 e. The number of carbonyl (C=O) groups excluding carboxylic acids is 2. The summed E-state index contributed by atoms with van der Waals surface area (Å²) in [4.78, 5) is 23.0. The second kappa shape index (κ2) is 8.23. The van der Waals surface area contributed by atoms with Gasteiger partial charge in [0, 0.05) is 12.3 Å². The number of hydrogen-bond donors (Lipinski definition) is 0. The van der Waals surface area contributed by atoms with Crippen molar-refractivity contribution in [3.8, 4) is 0 Å².